The van der Waals surface area contributed by atoms with Gasteiger partial charge in [0.25, 0.3) is 0 Å². The monoisotopic (exact) mass is 485 g/mol. The molecule has 4 rings (SSSR count). The van der Waals surface area contributed by atoms with Crippen LogP contribution in [0.5, 0.6) is 0 Å². The zero-order chi connectivity index (χ0) is 24.6. The summed E-state index contributed by atoms with van der Waals surface area (Å²) < 4.78 is 2.06. The number of nitrogens with one attached hydrogen (secondary N) is 1. The molecule has 180 valence electrons. The van der Waals surface area contributed by atoms with Crippen LogP contribution in [0.2, 0.25) is 0 Å². The average Bonchev–Trinajstić information content (AvgIpc) is 3.26. The van der Waals surface area contributed by atoms with Crippen molar-refractivity contribution >= 4 is 17.7 Å². The highest BCUT2D eigenvalue weighted by atomic mass is 32.2. The minimum Gasteiger partial charge on any atom is -0.349 e. The van der Waals surface area contributed by atoms with E-state index >= 15 is 0 Å². The minimum absolute atomic E-state index is 0.0338. The van der Waals surface area contributed by atoms with Gasteiger partial charge in [-0.05, 0) is 48.1 Å². The summed E-state index contributed by atoms with van der Waals surface area (Å²) in [5, 5.41) is 12.7. The number of amides is 1. The summed E-state index contributed by atoms with van der Waals surface area (Å²) in [6, 6.07) is 22.5. The van der Waals surface area contributed by atoms with E-state index < -0.39 is 0 Å². The highest BCUT2D eigenvalue weighted by Crippen LogP contribution is 2.25. The van der Waals surface area contributed by atoms with Crippen LogP contribution in [-0.4, -0.2) is 31.4 Å². The number of rotatable bonds is 10. The van der Waals surface area contributed by atoms with Crippen molar-refractivity contribution in [1.29, 1.82) is 0 Å². The quantitative estimate of drug-likeness (QED) is 0.298. The van der Waals surface area contributed by atoms with E-state index in [1.54, 1.807) is 12.4 Å². The third kappa shape index (κ3) is 6.79. The number of carbonyl (C=O) groups is 1. The van der Waals surface area contributed by atoms with Gasteiger partial charge in [0.1, 0.15) is 0 Å². The molecular formula is C28H31N5OS. The molecule has 4 aromatic rings. The first kappa shape index (κ1) is 24.7. The van der Waals surface area contributed by atoms with Gasteiger partial charge in [-0.1, -0.05) is 80.2 Å². The molecule has 0 fully saturated rings. The molecule has 7 heteroatoms. The smallest absolute Gasteiger partial charge is 0.230 e. The molecule has 1 amide bonds. The number of carbonyl (C=O) groups excluding carboxylic acids is 1. The lowest BCUT2D eigenvalue weighted by Gasteiger charge is -2.15. The molecule has 0 aliphatic carbocycles. The summed E-state index contributed by atoms with van der Waals surface area (Å²) in [4.78, 5) is 16.9. The maximum absolute atomic E-state index is 12.8. The maximum atomic E-state index is 12.8. The van der Waals surface area contributed by atoms with Gasteiger partial charge in [-0.15, -0.1) is 10.2 Å². The van der Waals surface area contributed by atoms with Crippen molar-refractivity contribution in [3.8, 4) is 11.4 Å². The number of hydrogen-bond donors (Lipinski definition) is 1. The van der Waals surface area contributed by atoms with Crippen LogP contribution in [0.25, 0.3) is 11.4 Å². The summed E-state index contributed by atoms with van der Waals surface area (Å²) in [5.41, 5.74) is 4.50. The van der Waals surface area contributed by atoms with Gasteiger partial charge in [0.05, 0.1) is 18.3 Å². The summed E-state index contributed by atoms with van der Waals surface area (Å²) in [6.07, 6.45) is 4.55. The fourth-order valence-electron chi connectivity index (χ4n) is 3.93. The summed E-state index contributed by atoms with van der Waals surface area (Å²) in [7, 11) is 0. The first-order valence-corrected chi connectivity index (χ1v) is 12.9. The highest BCUT2D eigenvalue weighted by molar-refractivity contribution is 7.99. The third-order valence-electron chi connectivity index (χ3n) is 5.67. The fraction of sp³-hybridized carbons (Fsp3) is 0.286. The maximum Gasteiger partial charge on any atom is 0.230 e. The normalized spacial score (nSPS) is 12.0. The summed E-state index contributed by atoms with van der Waals surface area (Å²) in [5.74, 6) is 1.61. The lowest BCUT2D eigenvalue weighted by Crippen LogP contribution is -2.28. The largest absolute Gasteiger partial charge is 0.349 e. The van der Waals surface area contributed by atoms with E-state index in [0.29, 0.717) is 17.6 Å². The standard InChI is InChI=1S/C28H31N5OS/c1-20(2)17-22-9-11-24(12-10-22)21(3)30-26(34)19-35-28-32-31-27(25-13-15-29-16-14-25)33(28)18-23-7-5-4-6-8-23/h4-16,20-21H,17-19H2,1-3H3,(H,30,34). The second-order valence-electron chi connectivity index (χ2n) is 9.03. The molecule has 0 saturated carbocycles. The zero-order valence-corrected chi connectivity index (χ0v) is 21.2. The van der Waals surface area contributed by atoms with Gasteiger partial charge in [-0.25, -0.2) is 0 Å². The van der Waals surface area contributed by atoms with Crippen LogP contribution < -0.4 is 5.32 Å². The fourth-order valence-corrected chi connectivity index (χ4v) is 4.68. The molecule has 0 spiro atoms. The Morgan fingerprint density at radius 2 is 1.63 bits per heavy atom. The predicted octanol–water partition coefficient (Wildman–Crippen LogP) is 5.56. The topological polar surface area (TPSA) is 72.7 Å². The molecule has 0 bridgehead atoms. The van der Waals surface area contributed by atoms with Gasteiger partial charge in [0, 0.05) is 18.0 Å². The number of benzene rings is 2. The Hall–Kier alpha value is -3.45. The van der Waals surface area contributed by atoms with Gasteiger partial charge in [-0.2, -0.15) is 0 Å². The van der Waals surface area contributed by atoms with E-state index in [9.17, 15) is 4.79 Å². The minimum atomic E-state index is -0.0641. The van der Waals surface area contributed by atoms with Crippen molar-refractivity contribution < 1.29 is 4.79 Å². The summed E-state index contributed by atoms with van der Waals surface area (Å²) >= 11 is 1.40. The molecule has 0 aliphatic heterocycles. The molecule has 2 aromatic carbocycles. The van der Waals surface area contributed by atoms with Crippen molar-refractivity contribution in [2.75, 3.05) is 5.75 Å². The molecule has 1 unspecified atom stereocenters. The van der Waals surface area contributed by atoms with Crippen LogP contribution in [0.1, 0.15) is 43.5 Å². The first-order valence-electron chi connectivity index (χ1n) is 11.9. The second-order valence-corrected chi connectivity index (χ2v) is 9.97. The van der Waals surface area contributed by atoms with Crippen molar-refractivity contribution in [3.05, 3.63) is 95.8 Å². The number of pyridine rings is 1. The van der Waals surface area contributed by atoms with E-state index in [1.807, 2.05) is 37.3 Å². The van der Waals surface area contributed by atoms with Gasteiger partial charge in [0.15, 0.2) is 11.0 Å². The van der Waals surface area contributed by atoms with Gasteiger partial charge < -0.3 is 5.32 Å². The van der Waals surface area contributed by atoms with Crippen molar-refractivity contribution in [2.45, 2.75) is 44.9 Å². The molecular weight excluding hydrogens is 454 g/mol. The summed E-state index contributed by atoms with van der Waals surface area (Å²) in [6.45, 7) is 7.07. The van der Waals surface area contributed by atoms with Gasteiger partial charge >= 0.3 is 0 Å². The molecule has 0 aliphatic rings. The van der Waals surface area contributed by atoms with Gasteiger partial charge in [-0.3, -0.25) is 14.3 Å². The molecule has 35 heavy (non-hydrogen) atoms. The molecule has 1 N–H and O–H groups in total. The SMILES string of the molecule is CC(C)Cc1ccc(C(C)NC(=O)CSc2nnc(-c3ccncc3)n2Cc2ccccc2)cc1. The van der Waals surface area contributed by atoms with E-state index in [2.05, 4.69) is 75.3 Å². The molecule has 6 nitrogen and oxygen atoms in total. The Morgan fingerprint density at radius 3 is 2.31 bits per heavy atom. The van der Waals surface area contributed by atoms with Crippen LogP contribution in [-0.2, 0) is 17.8 Å². The molecule has 0 saturated heterocycles. The van der Waals surface area contributed by atoms with E-state index in [1.165, 1.54) is 17.3 Å². The van der Waals surface area contributed by atoms with Gasteiger partial charge in [0.2, 0.25) is 5.91 Å². The number of thioether (sulfide) groups is 1. The lowest BCUT2D eigenvalue weighted by atomic mass is 10.00. The number of aromatic nitrogens is 4. The first-order chi connectivity index (χ1) is 17.0. The second kappa shape index (κ2) is 11.8. The Labute approximate surface area is 211 Å². The van der Waals surface area contributed by atoms with Crippen LogP contribution in [0.3, 0.4) is 0 Å². The third-order valence-corrected chi connectivity index (χ3v) is 6.64. The van der Waals surface area contributed by atoms with Crippen LogP contribution in [0, 0.1) is 5.92 Å². The molecule has 2 heterocycles. The lowest BCUT2D eigenvalue weighted by molar-refractivity contribution is -0.119. The molecule has 2 aromatic heterocycles. The molecule has 1 atom stereocenters. The number of hydrogen-bond acceptors (Lipinski definition) is 5. The Morgan fingerprint density at radius 1 is 0.914 bits per heavy atom. The van der Waals surface area contributed by atoms with E-state index in [4.69, 9.17) is 0 Å². The predicted molar refractivity (Wildman–Crippen MR) is 141 cm³/mol. The van der Waals surface area contributed by atoms with E-state index in [0.717, 1.165) is 28.9 Å². The Bertz CT molecular complexity index is 1220. The van der Waals surface area contributed by atoms with E-state index in [-0.39, 0.29) is 17.7 Å². The number of nitrogens with zero attached hydrogens (tertiary/aromatic N) is 4. The molecule has 0 radical (unpaired) electrons. The van der Waals surface area contributed by atoms with Crippen LogP contribution in [0.4, 0.5) is 0 Å². The van der Waals surface area contributed by atoms with Crippen molar-refractivity contribution in [1.82, 2.24) is 25.1 Å². The Balaban J connectivity index is 1.43. The van der Waals surface area contributed by atoms with Crippen molar-refractivity contribution in [3.63, 3.8) is 0 Å². The highest BCUT2D eigenvalue weighted by Gasteiger charge is 2.17. The van der Waals surface area contributed by atoms with Crippen molar-refractivity contribution in [2.24, 2.45) is 5.92 Å². The van der Waals surface area contributed by atoms with Crippen LogP contribution in [0.15, 0.2) is 84.3 Å². The average molecular weight is 486 g/mol. The van der Waals surface area contributed by atoms with Crippen LogP contribution >= 0.6 is 11.8 Å². The zero-order valence-electron chi connectivity index (χ0n) is 20.4. The Kier molecular flexibility index (Phi) is 8.32.